The molecule has 0 aliphatic rings. The molecule has 350 valence electrons. The van der Waals surface area contributed by atoms with E-state index >= 15 is 0 Å². The van der Waals surface area contributed by atoms with Crippen LogP contribution in [0.2, 0.25) is 0 Å². The van der Waals surface area contributed by atoms with Gasteiger partial charge in [-0.25, -0.2) is 0 Å². The van der Waals surface area contributed by atoms with Crippen molar-refractivity contribution < 1.29 is 47.4 Å². The van der Waals surface area contributed by atoms with Crippen LogP contribution in [0, 0.1) is 0 Å². The van der Waals surface area contributed by atoms with Crippen LogP contribution in [0.1, 0.15) is 114 Å². The Bertz CT molecular complexity index is 1400. The summed E-state index contributed by atoms with van der Waals surface area (Å²) in [7, 11) is 3.33. The molecule has 0 saturated carbocycles. The van der Waals surface area contributed by atoms with Crippen LogP contribution in [0.4, 0.5) is 0 Å². The fraction of sp³-hybridized carbons (Fsp3) is 0.750. The average Bonchev–Trinajstić information content (AvgIpc) is 4.05. The number of aryl methyl sites for hydroxylation is 1. The number of thiophene rings is 3. The van der Waals surface area contributed by atoms with E-state index in [0.717, 1.165) is 6.42 Å². The van der Waals surface area contributed by atoms with Gasteiger partial charge in [-0.1, -0.05) is 90.4 Å². The Balaban J connectivity index is 1.43. The highest BCUT2D eigenvalue weighted by molar-refractivity contribution is 7.26. The quantitative estimate of drug-likeness (QED) is 0.0510. The summed E-state index contributed by atoms with van der Waals surface area (Å²) in [5.41, 5.74) is 3.91. The van der Waals surface area contributed by atoms with Gasteiger partial charge in [0.1, 0.15) is 0 Å². The standard InChI is InChI=1S/C48H80O10S3/c1-4-5-6-7-8-9-10-11-12-13-14-15-16-17-18-43-38-46(45-37-42(41-60-45)39-57-34-32-55-30-28-53-26-24-51-22-20-49-2)61-48(43)47-44(19-36-59-47)40-58-35-33-56-31-29-54-27-25-52-23-21-50-3/h19,36-38,41H,4-18,20-35,39-40H2,1-3H3. The van der Waals surface area contributed by atoms with E-state index < -0.39 is 0 Å². The lowest BCUT2D eigenvalue weighted by molar-refractivity contribution is -0.00946. The van der Waals surface area contributed by atoms with Crippen molar-refractivity contribution >= 4 is 34.0 Å². The van der Waals surface area contributed by atoms with Gasteiger partial charge in [0.2, 0.25) is 0 Å². The van der Waals surface area contributed by atoms with E-state index in [2.05, 4.69) is 35.9 Å². The minimum atomic E-state index is 0.541. The average molecular weight is 913 g/mol. The third-order valence-corrected chi connectivity index (χ3v) is 13.6. The molecule has 13 heteroatoms. The zero-order chi connectivity index (χ0) is 43.1. The Morgan fingerprint density at radius 2 is 0.852 bits per heavy atom. The van der Waals surface area contributed by atoms with Crippen molar-refractivity contribution in [2.75, 3.05) is 120 Å². The highest BCUT2D eigenvalue weighted by Crippen LogP contribution is 2.44. The summed E-state index contributed by atoms with van der Waals surface area (Å²) in [6.45, 7) is 12.4. The summed E-state index contributed by atoms with van der Waals surface area (Å²) in [5, 5.41) is 4.43. The molecule has 0 amide bonds. The molecule has 3 aromatic heterocycles. The summed E-state index contributed by atoms with van der Waals surface area (Å²) < 4.78 is 55.4. The highest BCUT2D eigenvalue weighted by Gasteiger charge is 2.18. The van der Waals surface area contributed by atoms with Crippen LogP contribution in [0.3, 0.4) is 0 Å². The van der Waals surface area contributed by atoms with E-state index in [1.807, 2.05) is 22.7 Å². The Morgan fingerprint density at radius 3 is 1.34 bits per heavy atom. The normalized spacial score (nSPS) is 11.7. The summed E-state index contributed by atoms with van der Waals surface area (Å²) in [6, 6.07) is 6.96. The van der Waals surface area contributed by atoms with Gasteiger partial charge in [0.15, 0.2) is 0 Å². The molecule has 3 rings (SSSR count). The molecule has 10 nitrogen and oxygen atoms in total. The van der Waals surface area contributed by atoms with Crippen molar-refractivity contribution in [1.82, 2.24) is 0 Å². The van der Waals surface area contributed by atoms with E-state index in [1.165, 1.54) is 126 Å². The topological polar surface area (TPSA) is 92.3 Å². The number of hydrogen-bond donors (Lipinski definition) is 0. The van der Waals surface area contributed by atoms with Crippen molar-refractivity contribution in [3.05, 3.63) is 45.6 Å². The van der Waals surface area contributed by atoms with Gasteiger partial charge in [-0.15, -0.1) is 34.0 Å². The summed E-state index contributed by atoms with van der Waals surface area (Å²) in [6.07, 6.45) is 20.3. The smallest absolute Gasteiger partial charge is 0.0732 e. The number of methoxy groups -OCH3 is 2. The van der Waals surface area contributed by atoms with Gasteiger partial charge in [-0.3, -0.25) is 0 Å². The van der Waals surface area contributed by atoms with Crippen molar-refractivity contribution in [2.24, 2.45) is 0 Å². The first kappa shape index (κ1) is 54.0. The molecule has 0 aliphatic heterocycles. The molecule has 0 aliphatic carbocycles. The van der Waals surface area contributed by atoms with Gasteiger partial charge in [0.05, 0.1) is 124 Å². The van der Waals surface area contributed by atoms with Gasteiger partial charge in [-0.05, 0) is 58.5 Å². The van der Waals surface area contributed by atoms with E-state index in [4.69, 9.17) is 47.4 Å². The Labute approximate surface area is 381 Å². The van der Waals surface area contributed by atoms with E-state index in [9.17, 15) is 0 Å². The number of hydrogen-bond acceptors (Lipinski definition) is 13. The third-order valence-electron chi connectivity index (χ3n) is 10.1. The van der Waals surface area contributed by atoms with E-state index in [0.29, 0.717) is 119 Å². The number of rotatable bonds is 45. The van der Waals surface area contributed by atoms with Gasteiger partial charge < -0.3 is 47.4 Å². The molecule has 0 saturated heterocycles. The van der Waals surface area contributed by atoms with Crippen molar-refractivity contribution in [2.45, 2.75) is 116 Å². The maximum atomic E-state index is 6.12. The largest absolute Gasteiger partial charge is 0.382 e. The first-order valence-electron chi connectivity index (χ1n) is 23.1. The fourth-order valence-corrected chi connectivity index (χ4v) is 9.97. The monoisotopic (exact) mass is 912 g/mol. The van der Waals surface area contributed by atoms with Crippen LogP contribution >= 0.6 is 34.0 Å². The first-order valence-corrected chi connectivity index (χ1v) is 25.7. The van der Waals surface area contributed by atoms with Crippen LogP contribution in [0.15, 0.2) is 29.0 Å². The molecule has 61 heavy (non-hydrogen) atoms. The van der Waals surface area contributed by atoms with Crippen molar-refractivity contribution in [3.63, 3.8) is 0 Å². The van der Waals surface area contributed by atoms with Crippen LogP contribution in [0.5, 0.6) is 0 Å². The molecule has 3 heterocycles. The molecule has 0 spiro atoms. The fourth-order valence-electron chi connectivity index (χ4n) is 6.64. The number of ether oxygens (including phenoxy) is 10. The molecule has 0 atom stereocenters. The molecular weight excluding hydrogens is 833 g/mol. The predicted molar refractivity (Wildman–Crippen MR) is 253 cm³/mol. The Morgan fingerprint density at radius 1 is 0.410 bits per heavy atom. The molecule has 3 aromatic rings. The number of unbranched alkanes of at least 4 members (excludes halogenated alkanes) is 13. The van der Waals surface area contributed by atoms with E-state index in [1.54, 1.807) is 25.6 Å². The minimum absolute atomic E-state index is 0.541. The van der Waals surface area contributed by atoms with Crippen molar-refractivity contribution in [3.8, 4) is 19.5 Å². The first-order chi connectivity index (χ1) is 30.3. The van der Waals surface area contributed by atoms with Gasteiger partial charge in [0, 0.05) is 28.9 Å². The predicted octanol–water partition coefficient (Wildman–Crippen LogP) is 11.7. The van der Waals surface area contributed by atoms with Gasteiger partial charge in [0.25, 0.3) is 0 Å². The van der Waals surface area contributed by atoms with Crippen LogP contribution < -0.4 is 0 Å². The lowest BCUT2D eigenvalue weighted by Crippen LogP contribution is -2.12. The molecule has 0 fully saturated rings. The van der Waals surface area contributed by atoms with Crippen LogP contribution in [-0.2, 0) is 67.0 Å². The zero-order valence-corrected chi connectivity index (χ0v) is 40.5. The van der Waals surface area contributed by atoms with Crippen LogP contribution in [0.25, 0.3) is 19.5 Å². The summed E-state index contributed by atoms with van der Waals surface area (Å²) in [5.74, 6) is 0. The lowest BCUT2D eigenvalue weighted by Gasteiger charge is -2.09. The van der Waals surface area contributed by atoms with Crippen LogP contribution in [-0.4, -0.2) is 120 Å². The summed E-state index contributed by atoms with van der Waals surface area (Å²) in [4.78, 5) is 5.35. The maximum Gasteiger partial charge on any atom is 0.0732 e. The molecular formula is C48H80O10S3. The van der Waals surface area contributed by atoms with Gasteiger partial charge in [-0.2, -0.15) is 0 Å². The molecule has 0 unspecified atom stereocenters. The molecule has 0 bridgehead atoms. The second-order valence-electron chi connectivity index (χ2n) is 15.2. The third kappa shape index (κ3) is 26.9. The second kappa shape index (κ2) is 39.1. The summed E-state index contributed by atoms with van der Waals surface area (Å²) >= 11 is 5.55. The van der Waals surface area contributed by atoms with E-state index in [-0.39, 0.29) is 0 Å². The minimum Gasteiger partial charge on any atom is -0.382 e. The maximum absolute atomic E-state index is 6.12. The Kier molecular flexibility index (Phi) is 34.6. The molecule has 0 radical (unpaired) electrons. The SMILES string of the molecule is CCCCCCCCCCCCCCCCc1cc(-c2cc(COCCOCCOCCOCCOC)cs2)sc1-c1sccc1COCCOCCOCCOCCOC. The molecule has 0 N–H and O–H groups in total. The lowest BCUT2D eigenvalue weighted by atomic mass is 10.0. The second-order valence-corrected chi connectivity index (χ2v) is 18.0. The van der Waals surface area contributed by atoms with Crippen molar-refractivity contribution in [1.29, 1.82) is 0 Å². The Hall–Kier alpha value is -1.30. The molecule has 0 aromatic carbocycles. The zero-order valence-electron chi connectivity index (χ0n) is 38.0. The van der Waals surface area contributed by atoms with Gasteiger partial charge >= 0.3 is 0 Å². The highest BCUT2D eigenvalue weighted by atomic mass is 32.1.